The van der Waals surface area contributed by atoms with Gasteiger partial charge in [0, 0.05) is 11.8 Å². The number of rotatable bonds is 7. The second kappa shape index (κ2) is 9.67. The Balaban J connectivity index is 0.00000288. The Bertz CT molecular complexity index is 660. The molecule has 1 amide bonds. The molecule has 0 fully saturated rings. The maximum absolute atomic E-state index is 12.3. The summed E-state index contributed by atoms with van der Waals surface area (Å²) >= 11 is 0. The third-order valence-electron chi connectivity index (χ3n) is 3.18. The monoisotopic (exact) mass is 350 g/mol. The summed E-state index contributed by atoms with van der Waals surface area (Å²) in [6, 6.07) is 12.6. The molecule has 2 aromatic carbocycles. The number of ether oxygens (including phenoxy) is 2. The highest BCUT2D eigenvalue weighted by atomic mass is 35.5. The normalized spacial score (nSPS) is 9.75. The Morgan fingerprint density at radius 1 is 1.04 bits per heavy atom. The molecule has 0 spiro atoms. The molecule has 0 unspecified atom stereocenters. The molecule has 130 valence electrons. The molecule has 0 saturated heterocycles. The summed E-state index contributed by atoms with van der Waals surface area (Å²) in [5.74, 6) is 1.20. The molecular weight excluding hydrogens is 328 g/mol. The Morgan fingerprint density at radius 3 is 2.33 bits per heavy atom. The number of benzene rings is 2. The lowest BCUT2D eigenvalue weighted by atomic mass is 10.1. The van der Waals surface area contributed by atoms with Crippen LogP contribution in [0.15, 0.2) is 42.5 Å². The summed E-state index contributed by atoms with van der Waals surface area (Å²) in [6.07, 6.45) is 0.269. The Kier molecular flexibility index (Phi) is 7.92. The van der Waals surface area contributed by atoms with Gasteiger partial charge in [0.25, 0.3) is 0 Å². The number of hydrogen-bond donors (Lipinski definition) is 2. The van der Waals surface area contributed by atoms with E-state index in [1.54, 1.807) is 24.3 Å². The minimum atomic E-state index is -0.121. The van der Waals surface area contributed by atoms with Crippen molar-refractivity contribution in [1.29, 1.82) is 0 Å². The van der Waals surface area contributed by atoms with Gasteiger partial charge in [-0.25, -0.2) is 0 Å². The second-order valence-electron chi connectivity index (χ2n) is 4.99. The number of carbonyl (C=O) groups excluding carboxylic acids is 1. The molecule has 0 aromatic heterocycles. The van der Waals surface area contributed by atoms with Crippen molar-refractivity contribution in [2.24, 2.45) is 0 Å². The van der Waals surface area contributed by atoms with E-state index in [1.807, 2.05) is 32.0 Å². The average Bonchev–Trinajstić information content (AvgIpc) is 2.52. The summed E-state index contributed by atoms with van der Waals surface area (Å²) in [5, 5.41) is 2.88. The standard InChI is InChI=1S/C18H22N2O3.ClH/c1-3-22-15-9-10-17(23-4-2)16(12-15)20-18(21)11-13-5-7-14(19)8-6-13;/h5-10,12H,3-4,11,19H2,1-2H3,(H,20,21);1H. The van der Waals surface area contributed by atoms with E-state index in [9.17, 15) is 4.79 Å². The first kappa shape index (κ1) is 19.6. The quantitative estimate of drug-likeness (QED) is 0.747. The fourth-order valence-corrected chi connectivity index (χ4v) is 2.16. The molecule has 0 radical (unpaired) electrons. The second-order valence-corrected chi connectivity index (χ2v) is 4.99. The fraction of sp³-hybridized carbons (Fsp3) is 0.278. The largest absolute Gasteiger partial charge is 0.494 e. The lowest BCUT2D eigenvalue weighted by Crippen LogP contribution is -2.15. The maximum Gasteiger partial charge on any atom is 0.228 e. The molecule has 0 atom stereocenters. The lowest BCUT2D eigenvalue weighted by molar-refractivity contribution is -0.115. The van der Waals surface area contributed by atoms with Crippen LogP contribution in [-0.2, 0) is 11.2 Å². The predicted molar refractivity (Wildman–Crippen MR) is 99.2 cm³/mol. The van der Waals surface area contributed by atoms with Crippen molar-refractivity contribution in [2.75, 3.05) is 24.3 Å². The first-order valence-electron chi connectivity index (χ1n) is 7.66. The zero-order valence-corrected chi connectivity index (χ0v) is 14.7. The van der Waals surface area contributed by atoms with Gasteiger partial charge in [0.2, 0.25) is 5.91 Å². The number of carbonyl (C=O) groups is 1. The van der Waals surface area contributed by atoms with Crippen molar-refractivity contribution >= 4 is 29.7 Å². The molecule has 0 heterocycles. The molecule has 3 N–H and O–H groups in total. The molecule has 6 heteroatoms. The van der Waals surface area contributed by atoms with E-state index < -0.39 is 0 Å². The molecule has 0 saturated carbocycles. The van der Waals surface area contributed by atoms with Gasteiger partial charge in [-0.2, -0.15) is 0 Å². The van der Waals surface area contributed by atoms with E-state index in [0.717, 1.165) is 5.56 Å². The molecule has 24 heavy (non-hydrogen) atoms. The molecule has 5 nitrogen and oxygen atoms in total. The number of nitrogens with two attached hydrogens (primary N) is 1. The minimum absolute atomic E-state index is 0. The summed E-state index contributed by atoms with van der Waals surface area (Å²) < 4.78 is 11.0. The third-order valence-corrected chi connectivity index (χ3v) is 3.18. The van der Waals surface area contributed by atoms with Crippen LogP contribution in [0.3, 0.4) is 0 Å². The van der Waals surface area contributed by atoms with Crippen LogP contribution in [0.5, 0.6) is 11.5 Å². The minimum Gasteiger partial charge on any atom is -0.494 e. The summed E-state index contributed by atoms with van der Waals surface area (Å²) in [5.41, 5.74) is 7.83. The van der Waals surface area contributed by atoms with Gasteiger partial charge in [0.15, 0.2) is 0 Å². The van der Waals surface area contributed by atoms with Crippen LogP contribution in [0.4, 0.5) is 11.4 Å². The number of halogens is 1. The Hall–Kier alpha value is -2.40. The molecule has 0 aliphatic rings. The van der Waals surface area contributed by atoms with Crippen molar-refractivity contribution in [3.05, 3.63) is 48.0 Å². The molecule has 2 aromatic rings. The number of hydrogen-bond acceptors (Lipinski definition) is 4. The average molecular weight is 351 g/mol. The van der Waals surface area contributed by atoms with Crippen molar-refractivity contribution in [3.8, 4) is 11.5 Å². The summed E-state index contributed by atoms with van der Waals surface area (Å²) in [4.78, 5) is 12.3. The van der Waals surface area contributed by atoms with Crippen molar-refractivity contribution in [3.63, 3.8) is 0 Å². The third kappa shape index (κ3) is 5.66. The molecular formula is C18H23ClN2O3. The van der Waals surface area contributed by atoms with Gasteiger partial charge in [-0.3, -0.25) is 4.79 Å². The lowest BCUT2D eigenvalue weighted by Gasteiger charge is -2.13. The van der Waals surface area contributed by atoms with Crippen LogP contribution in [0, 0.1) is 0 Å². The number of nitrogen functional groups attached to an aromatic ring is 1. The topological polar surface area (TPSA) is 73.6 Å². The van der Waals surface area contributed by atoms with Gasteiger partial charge >= 0.3 is 0 Å². The van der Waals surface area contributed by atoms with Crippen LogP contribution < -0.4 is 20.5 Å². The van der Waals surface area contributed by atoms with E-state index in [0.29, 0.717) is 36.1 Å². The smallest absolute Gasteiger partial charge is 0.228 e. The van der Waals surface area contributed by atoms with Gasteiger partial charge in [-0.05, 0) is 43.7 Å². The van der Waals surface area contributed by atoms with Crippen molar-refractivity contribution < 1.29 is 14.3 Å². The summed E-state index contributed by atoms with van der Waals surface area (Å²) in [6.45, 7) is 4.90. The molecule has 0 bridgehead atoms. The highest BCUT2D eigenvalue weighted by Crippen LogP contribution is 2.29. The number of nitrogens with one attached hydrogen (secondary N) is 1. The number of amides is 1. The van der Waals surface area contributed by atoms with Crippen molar-refractivity contribution in [2.45, 2.75) is 20.3 Å². The first-order valence-corrected chi connectivity index (χ1v) is 7.66. The van der Waals surface area contributed by atoms with Gasteiger partial charge in [0.05, 0.1) is 25.3 Å². The van der Waals surface area contributed by atoms with Crippen LogP contribution in [0.25, 0.3) is 0 Å². The van der Waals surface area contributed by atoms with Crippen LogP contribution in [0.1, 0.15) is 19.4 Å². The molecule has 2 rings (SSSR count). The highest BCUT2D eigenvalue weighted by Gasteiger charge is 2.10. The first-order chi connectivity index (χ1) is 11.1. The Morgan fingerprint density at radius 2 is 1.71 bits per heavy atom. The van der Waals surface area contributed by atoms with Crippen LogP contribution in [0.2, 0.25) is 0 Å². The maximum atomic E-state index is 12.3. The number of anilines is 2. The van der Waals surface area contributed by atoms with Gasteiger partial charge in [-0.15, -0.1) is 12.4 Å². The zero-order valence-electron chi connectivity index (χ0n) is 13.9. The Labute approximate surface area is 148 Å². The zero-order chi connectivity index (χ0) is 16.7. The van der Waals surface area contributed by atoms with E-state index in [-0.39, 0.29) is 24.7 Å². The predicted octanol–water partition coefficient (Wildman–Crippen LogP) is 3.67. The highest BCUT2D eigenvalue weighted by molar-refractivity contribution is 5.94. The molecule has 0 aliphatic heterocycles. The fourth-order valence-electron chi connectivity index (χ4n) is 2.16. The molecule has 0 aliphatic carbocycles. The van der Waals surface area contributed by atoms with Gasteiger partial charge in [-0.1, -0.05) is 12.1 Å². The summed E-state index contributed by atoms with van der Waals surface area (Å²) in [7, 11) is 0. The van der Waals surface area contributed by atoms with Crippen LogP contribution in [-0.4, -0.2) is 19.1 Å². The van der Waals surface area contributed by atoms with Crippen LogP contribution >= 0.6 is 12.4 Å². The van der Waals surface area contributed by atoms with E-state index in [4.69, 9.17) is 15.2 Å². The SMILES string of the molecule is CCOc1ccc(OCC)c(NC(=O)Cc2ccc(N)cc2)c1.Cl. The van der Waals surface area contributed by atoms with Crippen molar-refractivity contribution in [1.82, 2.24) is 0 Å². The van der Waals surface area contributed by atoms with Gasteiger partial charge in [0.1, 0.15) is 11.5 Å². The van der Waals surface area contributed by atoms with E-state index >= 15 is 0 Å². The van der Waals surface area contributed by atoms with E-state index in [1.165, 1.54) is 0 Å². The van der Waals surface area contributed by atoms with Gasteiger partial charge < -0.3 is 20.5 Å². The van der Waals surface area contributed by atoms with E-state index in [2.05, 4.69) is 5.32 Å².